The summed E-state index contributed by atoms with van der Waals surface area (Å²) in [6, 6.07) is 16.6. The van der Waals surface area contributed by atoms with E-state index in [0.717, 1.165) is 24.3 Å². The Morgan fingerprint density at radius 1 is 0.358 bits per heavy atom. The summed E-state index contributed by atoms with van der Waals surface area (Å²) in [6.07, 6.45) is -26.3. The highest BCUT2D eigenvalue weighted by Crippen LogP contribution is 2.44. The van der Waals surface area contributed by atoms with E-state index in [9.17, 15) is 107 Å². The third kappa shape index (κ3) is 22.2. The van der Waals surface area contributed by atoms with Crippen LogP contribution in [0, 0.1) is 46.5 Å². The first kappa shape index (κ1) is 83.8. The van der Waals surface area contributed by atoms with E-state index in [1.807, 2.05) is 0 Å². The molecule has 0 fully saturated rings. The van der Waals surface area contributed by atoms with Gasteiger partial charge in [-0.1, -0.05) is 7.43 Å². The molecule has 4 aliphatic heterocycles. The van der Waals surface area contributed by atoms with Crippen molar-refractivity contribution in [2.75, 3.05) is 13.2 Å². The predicted octanol–water partition coefficient (Wildman–Crippen LogP) is 17.9. The van der Waals surface area contributed by atoms with Gasteiger partial charge in [0, 0.05) is 68.8 Å². The molecule has 16 nitrogen and oxygen atoms in total. The van der Waals surface area contributed by atoms with Gasteiger partial charge in [-0.25, -0.2) is 64.6 Å². The van der Waals surface area contributed by atoms with E-state index in [-0.39, 0.29) is 163 Å². The number of amides is 2. The molecule has 4 atom stereocenters. The maximum Gasteiger partial charge on any atom is 0.392 e. The van der Waals surface area contributed by atoms with Crippen LogP contribution < -0.4 is 30.4 Å². The molecule has 0 unspecified atom stereocenters. The number of primary amides is 2. The molecule has 0 radical (unpaired) electrons. The summed E-state index contributed by atoms with van der Waals surface area (Å²) < 4.78 is 293. The first-order valence-electron chi connectivity index (χ1n) is 32.5. The summed E-state index contributed by atoms with van der Waals surface area (Å²) in [5, 5.41) is 0. The minimum absolute atomic E-state index is 0. The maximum atomic E-state index is 14.3. The fraction of sp³-hybridized carbons (Fsp3) is 0.342. The quantitative estimate of drug-likeness (QED) is 0.0763. The number of ether oxygens (including phenoxy) is 6. The average Bonchev–Trinajstić information content (AvgIpc) is 0.792. The second kappa shape index (κ2) is 34.6. The molecule has 109 heavy (non-hydrogen) atoms. The summed E-state index contributed by atoms with van der Waals surface area (Å²) in [7, 11) is 0. The van der Waals surface area contributed by atoms with Crippen LogP contribution in [0.5, 0.6) is 23.5 Å². The standard InChI is InChI=1S/2C19H16F5NO3.2C17H13F5N2O2.CH4/c2*1-2-27-18(26)16-8-14(12-5-3-10(20)7-15(12)21)13-6-4-11(9-19(22,23)24)28-17(13)25-16;2*18-8-1-3-10(13(19)5-8)12-6-14(15(23)25)24-16-11(12)4-2-9(26-16)7-17(20,21)22;/h2*3,5,7-8,11H,2,4,6,9H2,1H3;2*1,3,5-6,9H,2,4,7H2,(H2,23,25);1H4/t2*11-;2*9-;/m1010./s1. The molecule has 8 heterocycles. The Hall–Kier alpha value is -10.8. The SMILES string of the molecule is C.CCOC(=O)c1cc(-c2ccc(F)cc2F)c2c(n1)O[C@@H](CC(F)(F)F)CC2.CCOC(=O)c1cc(-c2ccc(F)cc2F)c2c(n1)O[C@H](CC(F)(F)F)CC2.NC(=O)c1cc(-c2ccc(F)cc2F)c2c(n1)O[C@@H](CC(F)(F)F)CC2.NC(=O)c1cc(-c2ccc(F)cc2F)c2c(n1)O[C@H](CC(F)(F)F)CC2. The molecule has 4 aromatic carbocycles. The maximum absolute atomic E-state index is 14.3. The zero-order valence-corrected chi connectivity index (χ0v) is 56.0. The number of hydrogen-bond acceptors (Lipinski definition) is 14. The number of alkyl halides is 12. The summed E-state index contributed by atoms with van der Waals surface area (Å²) in [5.74, 6) is -10.9. The first-order chi connectivity index (χ1) is 50.6. The second-order valence-electron chi connectivity index (χ2n) is 24.4. The van der Waals surface area contributed by atoms with Crippen molar-refractivity contribution in [3.05, 3.63) is 189 Å². The number of rotatable bonds is 14. The second-order valence-corrected chi connectivity index (χ2v) is 24.4. The smallest absolute Gasteiger partial charge is 0.392 e. The van der Waals surface area contributed by atoms with Crippen molar-refractivity contribution in [3.63, 3.8) is 0 Å². The molecule has 584 valence electrons. The third-order valence-corrected chi connectivity index (χ3v) is 16.5. The number of carbonyl (C=O) groups excluding carboxylic acids is 4. The molecular weight excluding hydrogens is 1500 g/mol. The van der Waals surface area contributed by atoms with E-state index in [4.69, 9.17) is 39.9 Å². The lowest BCUT2D eigenvalue weighted by Crippen LogP contribution is -2.30. The van der Waals surface area contributed by atoms with Gasteiger partial charge in [-0.15, -0.1) is 0 Å². The van der Waals surface area contributed by atoms with E-state index in [0.29, 0.717) is 46.5 Å². The molecule has 12 rings (SSSR count). The number of carbonyl (C=O) groups is 4. The van der Waals surface area contributed by atoms with Crippen LogP contribution in [-0.2, 0) is 35.2 Å². The van der Waals surface area contributed by atoms with Crippen molar-refractivity contribution in [3.8, 4) is 68.0 Å². The van der Waals surface area contributed by atoms with Crippen LogP contribution in [-0.4, -0.2) is 106 Å². The summed E-state index contributed by atoms with van der Waals surface area (Å²) in [6.45, 7) is 3.25. The number of hydrogen-bond donors (Lipinski definition) is 2. The Kier molecular flexibility index (Phi) is 26.6. The van der Waals surface area contributed by atoms with Gasteiger partial charge in [0.2, 0.25) is 23.5 Å². The van der Waals surface area contributed by atoms with Crippen molar-refractivity contribution in [1.82, 2.24) is 19.9 Å². The number of halogens is 20. The highest BCUT2D eigenvalue weighted by atomic mass is 19.4. The fourth-order valence-electron chi connectivity index (χ4n) is 11.9. The van der Waals surface area contributed by atoms with E-state index < -0.39 is 145 Å². The van der Waals surface area contributed by atoms with Crippen LogP contribution in [0.3, 0.4) is 0 Å². The Morgan fingerprint density at radius 2 is 0.569 bits per heavy atom. The number of esters is 2. The van der Waals surface area contributed by atoms with Crippen LogP contribution in [0.25, 0.3) is 44.5 Å². The fourth-order valence-corrected chi connectivity index (χ4v) is 11.9. The van der Waals surface area contributed by atoms with E-state index in [1.54, 1.807) is 13.8 Å². The normalized spacial score (nSPS) is 16.3. The van der Waals surface area contributed by atoms with Crippen molar-refractivity contribution in [2.24, 2.45) is 11.5 Å². The summed E-state index contributed by atoms with van der Waals surface area (Å²) in [5.41, 5.74) is 11.5. The van der Waals surface area contributed by atoms with E-state index in [2.05, 4.69) is 19.9 Å². The van der Waals surface area contributed by atoms with Gasteiger partial charge in [0.1, 0.15) is 82.3 Å². The Morgan fingerprint density at radius 3 is 0.761 bits per heavy atom. The van der Waals surface area contributed by atoms with Crippen molar-refractivity contribution >= 4 is 23.8 Å². The summed E-state index contributed by atoms with van der Waals surface area (Å²) in [4.78, 5) is 62.9. The van der Waals surface area contributed by atoms with E-state index >= 15 is 0 Å². The lowest BCUT2D eigenvalue weighted by Gasteiger charge is -2.28. The molecule has 4 aliphatic rings. The lowest BCUT2D eigenvalue weighted by atomic mass is 9.93. The van der Waals surface area contributed by atoms with Gasteiger partial charge in [-0.05, 0) is 160 Å². The minimum Gasteiger partial charge on any atom is -0.474 e. The molecule has 4 aromatic heterocycles. The molecule has 0 bridgehead atoms. The first-order valence-corrected chi connectivity index (χ1v) is 32.5. The van der Waals surface area contributed by atoms with Gasteiger partial charge in [0.25, 0.3) is 11.8 Å². The van der Waals surface area contributed by atoms with Crippen molar-refractivity contribution in [2.45, 2.75) is 147 Å². The Balaban J connectivity index is 0.000000182. The average molecular weight is 1560 g/mol. The predicted molar refractivity (Wildman–Crippen MR) is 348 cm³/mol. The van der Waals surface area contributed by atoms with Crippen LogP contribution >= 0.6 is 0 Å². The van der Waals surface area contributed by atoms with Gasteiger partial charge in [0.15, 0.2) is 11.4 Å². The van der Waals surface area contributed by atoms with Crippen LogP contribution in [0.2, 0.25) is 0 Å². The van der Waals surface area contributed by atoms with E-state index in [1.165, 1.54) is 48.5 Å². The molecule has 0 spiro atoms. The van der Waals surface area contributed by atoms with Crippen molar-refractivity contribution in [1.29, 1.82) is 0 Å². The molecule has 36 heteroatoms. The number of benzene rings is 4. The lowest BCUT2D eigenvalue weighted by molar-refractivity contribution is -0.153. The van der Waals surface area contributed by atoms with Crippen LogP contribution in [0.15, 0.2) is 97.1 Å². The number of pyridine rings is 4. The highest BCUT2D eigenvalue weighted by Gasteiger charge is 2.41. The van der Waals surface area contributed by atoms with Gasteiger partial charge >= 0.3 is 36.6 Å². The molecule has 0 aliphatic carbocycles. The highest BCUT2D eigenvalue weighted by molar-refractivity contribution is 5.94. The zero-order valence-electron chi connectivity index (χ0n) is 56.0. The van der Waals surface area contributed by atoms with Gasteiger partial charge in [-0.3, -0.25) is 9.59 Å². The number of aromatic nitrogens is 4. The third-order valence-electron chi connectivity index (χ3n) is 16.5. The van der Waals surface area contributed by atoms with Crippen LogP contribution in [0.4, 0.5) is 87.8 Å². The monoisotopic (exact) mass is 1560 g/mol. The number of fused-ring (bicyclic) bond motifs is 4. The molecule has 8 aromatic rings. The number of nitrogens with zero attached hydrogens (tertiary/aromatic N) is 4. The largest absolute Gasteiger partial charge is 0.474 e. The summed E-state index contributed by atoms with van der Waals surface area (Å²) >= 11 is 0. The Bertz CT molecular complexity index is 4400. The van der Waals surface area contributed by atoms with Crippen molar-refractivity contribution < 1.29 is 135 Å². The zero-order chi connectivity index (χ0) is 79.1. The van der Waals surface area contributed by atoms with Gasteiger partial charge < -0.3 is 39.9 Å². The number of nitrogens with two attached hydrogens (primary N) is 2. The minimum atomic E-state index is -4.42. The molecule has 0 saturated heterocycles. The molecule has 0 saturated carbocycles. The van der Waals surface area contributed by atoms with Crippen LogP contribution in [0.1, 0.15) is 137 Å². The topological polar surface area (TPSA) is 227 Å². The molecule has 2 amide bonds. The Labute approximate surface area is 606 Å². The van der Waals surface area contributed by atoms with Gasteiger partial charge in [-0.2, -0.15) is 52.7 Å². The van der Waals surface area contributed by atoms with Gasteiger partial charge in [0.05, 0.1) is 38.9 Å². The molecular formula is C73H62F20N6O10. The molecule has 4 N–H and O–H groups in total.